The summed E-state index contributed by atoms with van der Waals surface area (Å²) in [4.78, 5) is 3.85. The highest BCUT2D eigenvalue weighted by Crippen LogP contribution is 2.21. The van der Waals surface area contributed by atoms with Gasteiger partial charge in [0.2, 0.25) is 0 Å². The summed E-state index contributed by atoms with van der Waals surface area (Å²) in [6.45, 7) is 2.01. The molecule has 0 aromatic carbocycles. The van der Waals surface area contributed by atoms with Gasteiger partial charge in [0, 0.05) is 0 Å². The van der Waals surface area contributed by atoms with Crippen molar-refractivity contribution in [3.05, 3.63) is 28.7 Å². The van der Waals surface area contributed by atoms with Gasteiger partial charge < -0.3 is 0 Å². The summed E-state index contributed by atoms with van der Waals surface area (Å²) in [6.07, 6.45) is -3.73. The van der Waals surface area contributed by atoms with Crippen molar-refractivity contribution < 1.29 is 13.2 Å². The molecule has 0 atom stereocenters. The number of aromatic nitrogens is 3. The van der Waals surface area contributed by atoms with Gasteiger partial charge in [-0.25, -0.2) is 9.50 Å². The highest BCUT2D eigenvalue weighted by Gasteiger charge is 2.30. The van der Waals surface area contributed by atoms with E-state index in [2.05, 4.69) is 10.1 Å². The van der Waals surface area contributed by atoms with Gasteiger partial charge in [0.25, 0.3) is 0 Å². The Kier molecular flexibility index (Phi) is 3.47. The van der Waals surface area contributed by atoms with Crippen molar-refractivity contribution in [1.29, 1.82) is 0 Å². The molecule has 0 N–H and O–H groups in total. The Morgan fingerprint density at radius 2 is 2.06 bits per heavy atom. The summed E-state index contributed by atoms with van der Waals surface area (Å²) in [5.41, 5.74) is 1.30. The second kappa shape index (κ2) is 4.76. The molecule has 98 valence electrons. The third kappa shape index (κ3) is 2.93. The second-order valence-corrected chi connectivity index (χ2v) is 4.41. The smallest absolute Gasteiger partial charge is 0.211 e. The average molecular weight is 278 g/mol. The molecule has 0 spiro atoms. The predicted octanol–water partition coefficient (Wildman–Crippen LogP) is 3.44. The minimum absolute atomic E-state index is 0.266. The SMILES string of the molecule is CCCc1cc(Cl)n2nc(CC(F)(F)F)nc2c1. The van der Waals surface area contributed by atoms with E-state index < -0.39 is 12.6 Å². The van der Waals surface area contributed by atoms with E-state index >= 15 is 0 Å². The first-order valence-electron chi connectivity index (χ1n) is 5.50. The van der Waals surface area contributed by atoms with E-state index in [0.717, 1.165) is 18.4 Å². The molecule has 0 saturated heterocycles. The maximum absolute atomic E-state index is 12.2. The summed E-state index contributed by atoms with van der Waals surface area (Å²) < 4.78 is 38.0. The predicted molar refractivity (Wildman–Crippen MR) is 61.8 cm³/mol. The largest absolute Gasteiger partial charge is 0.396 e. The zero-order chi connectivity index (χ0) is 13.3. The monoisotopic (exact) mass is 277 g/mol. The topological polar surface area (TPSA) is 30.2 Å². The molecule has 18 heavy (non-hydrogen) atoms. The van der Waals surface area contributed by atoms with Crippen LogP contribution in [-0.4, -0.2) is 20.8 Å². The van der Waals surface area contributed by atoms with Crippen LogP contribution in [0.4, 0.5) is 13.2 Å². The Bertz CT molecular complexity index is 562. The van der Waals surface area contributed by atoms with Gasteiger partial charge in [-0.15, -0.1) is 5.10 Å². The van der Waals surface area contributed by atoms with E-state index in [9.17, 15) is 13.2 Å². The van der Waals surface area contributed by atoms with Gasteiger partial charge in [-0.3, -0.25) is 0 Å². The fourth-order valence-electron chi connectivity index (χ4n) is 1.73. The van der Waals surface area contributed by atoms with E-state index in [-0.39, 0.29) is 11.0 Å². The minimum atomic E-state index is -4.32. The Labute approximate surface area is 107 Å². The summed E-state index contributed by atoms with van der Waals surface area (Å²) >= 11 is 5.96. The number of halogens is 4. The highest BCUT2D eigenvalue weighted by atomic mass is 35.5. The lowest BCUT2D eigenvalue weighted by Crippen LogP contribution is -2.12. The van der Waals surface area contributed by atoms with Crippen molar-refractivity contribution in [2.45, 2.75) is 32.4 Å². The number of alkyl halides is 3. The zero-order valence-corrected chi connectivity index (χ0v) is 10.4. The molecular weight excluding hydrogens is 267 g/mol. The lowest BCUT2D eigenvalue weighted by molar-refractivity contribution is -0.128. The zero-order valence-electron chi connectivity index (χ0n) is 9.63. The van der Waals surface area contributed by atoms with Crippen LogP contribution >= 0.6 is 11.6 Å². The first kappa shape index (κ1) is 13.1. The van der Waals surface area contributed by atoms with Crippen LogP contribution in [0.3, 0.4) is 0 Å². The lowest BCUT2D eigenvalue weighted by Gasteiger charge is -2.01. The molecule has 2 aromatic heterocycles. The van der Waals surface area contributed by atoms with Gasteiger partial charge in [0.1, 0.15) is 11.6 Å². The molecule has 0 aliphatic rings. The molecule has 3 nitrogen and oxygen atoms in total. The van der Waals surface area contributed by atoms with Crippen molar-refractivity contribution in [2.75, 3.05) is 0 Å². The third-order valence-corrected chi connectivity index (χ3v) is 2.66. The Morgan fingerprint density at radius 3 is 2.67 bits per heavy atom. The van der Waals surface area contributed by atoms with Gasteiger partial charge >= 0.3 is 6.18 Å². The molecule has 0 fully saturated rings. The van der Waals surface area contributed by atoms with Crippen molar-refractivity contribution in [1.82, 2.24) is 14.6 Å². The number of hydrogen-bond donors (Lipinski definition) is 0. The number of rotatable bonds is 3. The van der Waals surface area contributed by atoms with Crippen molar-refractivity contribution in [3.63, 3.8) is 0 Å². The van der Waals surface area contributed by atoms with Gasteiger partial charge in [-0.2, -0.15) is 13.2 Å². The Hall–Kier alpha value is -1.30. The number of hydrogen-bond acceptors (Lipinski definition) is 2. The van der Waals surface area contributed by atoms with E-state index in [1.807, 2.05) is 6.92 Å². The van der Waals surface area contributed by atoms with Crippen LogP contribution in [0, 0.1) is 0 Å². The van der Waals surface area contributed by atoms with Crippen molar-refractivity contribution >= 4 is 17.2 Å². The molecule has 7 heteroatoms. The Morgan fingerprint density at radius 1 is 1.33 bits per heavy atom. The minimum Gasteiger partial charge on any atom is -0.211 e. The fourth-order valence-corrected chi connectivity index (χ4v) is 1.99. The van der Waals surface area contributed by atoms with E-state index in [1.54, 1.807) is 12.1 Å². The normalized spacial score (nSPS) is 12.3. The molecule has 0 bridgehead atoms. The van der Waals surface area contributed by atoms with E-state index in [1.165, 1.54) is 4.52 Å². The van der Waals surface area contributed by atoms with Gasteiger partial charge in [0.15, 0.2) is 11.5 Å². The molecule has 2 heterocycles. The summed E-state index contributed by atoms with van der Waals surface area (Å²) in [7, 11) is 0. The van der Waals surface area contributed by atoms with Crippen molar-refractivity contribution in [2.24, 2.45) is 0 Å². The standard InChI is InChI=1S/C11H11ClF3N3/c1-2-3-7-4-8(12)18-10(5-7)16-9(17-18)6-11(13,14)15/h4-5H,2-3,6H2,1H3. The summed E-state index contributed by atoms with van der Waals surface area (Å²) in [5.74, 6) is -0.266. The van der Waals surface area contributed by atoms with Crippen LogP contribution in [0.15, 0.2) is 12.1 Å². The van der Waals surface area contributed by atoms with Crippen molar-refractivity contribution in [3.8, 4) is 0 Å². The number of pyridine rings is 1. The first-order chi connectivity index (χ1) is 8.39. The van der Waals surface area contributed by atoms with Crippen LogP contribution in [0.5, 0.6) is 0 Å². The quantitative estimate of drug-likeness (QED) is 0.805. The molecular formula is C11H11ClF3N3. The maximum Gasteiger partial charge on any atom is 0.396 e. The highest BCUT2D eigenvalue weighted by molar-refractivity contribution is 6.29. The number of nitrogens with zero attached hydrogens (tertiary/aromatic N) is 3. The summed E-state index contributed by atoms with van der Waals surface area (Å²) in [5, 5.41) is 4.03. The fraction of sp³-hybridized carbons (Fsp3) is 0.455. The van der Waals surface area contributed by atoms with Crippen LogP contribution in [0.25, 0.3) is 5.65 Å². The summed E-state index contributed by atoms with van der Waals surface area (Å²) in [6, 6.07) is 3.41. The van der Waals surface area contributed by atoms with Gasteiger partial charge in [-0.1, -0.05) is 24.9 Å². The van der Waals surface area contributed by atoms with Gasteiger partial charge in [0.05, 0.1) is 0 Å². The number of aryl methyl sites for hydroxylation is 1. The van der Waals surface area contributed by atoms with Crippen LogP contribution in [0.1, 0.15) is 24.7 Å². The molecule has 0 amide bonds. The number of fused-ring (bicyclic) bond motifs is 1. The van der Waals surface area contributed by atoms with E-state index in [4.69, 9.17) is 11.6 Å². The van der Waals surface area contributed by atoms with Crippen LogP contribution < -0.4 is 0 Å². The molecule has 0 aliphatic carbocycles. The second-order valence-electron chi connectivity index (χ2n) is 4.03. The van der Waals surface area contributed by atoms with Crippen LogP contribution in [-0.2, 0) is 12.8 Å². The molecule has 0 aliphatic heterocycles. The lowest BCUT2D eigenvalue weighted by atomic mass is 10.1. The van der Waals surface area contributed by atoms with Gasteiger partial charge in [-0.05, 0) is 24.1 Å². The van der Waals surface area contributed by atoms with Crippen LogP contribution in [0.2, 0.25) is 5.15 Å². The molecule has 0 saturated carbocycles. The maximum atomic E-state index is 12.2. The molecule has 2 rings (SSSR count). The molecule has 0 unspecified atom stereocenters. The first-order valence-corrected chi connectivity index (χ1v) is 5.87. The average Bonchev–Trinajstić information content (AvgIpc) is 2.58. The van der Waals surface area contributed by atoms with E-state index in [0.29, 0.717) is 5.65 Å². The third-order valence-electron chi connectivity index (χ3n) is 2.39. The Balaban J connectivity index is 2.41. The molecule has 2 aromatic rings. The molecule has 0 radical (unpaired) electrons.